The molecule has 1 nitrogen and oxygen atoms in total. The van der Waals surface area contributed by atoms with Gasteiger partial charge in [0.05, 0.1) is 0 Å². The molecule has 130 valence electrons. The smallest absolute Gasteiger partial charge is 0.435 e. The molecule has 0 bridgehead atoms. The van der Waals surface area contributed by atoms with Gasteiger partial charge < -0.3 is 4.74 Å². The number of alkyl halides is 7. The van der Waals surface area contributed by atoms with Crippen LogP contribution in [0.1, 0.15) is 5.56 Å². The van der Waals surface area contributed by atoms with Gasteiger partial charge in [0.2, 0.25) is 0 Å². The molecule has 0 aromatic heterocycles. The fourth-order valence-corrected chi connectivity index (χ4v) is 1.88. The minimum absolute atomic E-state index is 0.0994. The van der Waals surface area contributed by atoms with Gasteiger partial charge >= 0.3 is 18.0 Å². The summed E-state index contributed by atoms with van der Waals surface area (Å²) in [5.74, 6) is -0.602. The Balaban J connectivity index is 2.32. The molecule has 0 aliphatic heterocycles. The normalized spacial score (nSPS) is 13.0. The van der Waals surface area contributed by atoms with Crippen LogP contribution in [-0.2, 0) is 5.67 Å². The van der Waals surface area contributed by atoms with Crippen LogP contribution in [0, 0.1) is 5.82 Å². The highest BCUT2D eigenvalue weighted by Gasteiger charge is 2.73. The van der Waals surface area contributed by atoms with Gasteiger partial charge in [-0.05, 0) is 36.4 Å². The first kappa shape index (κ1) is 18.0. The summed E-state index contributed by atoms with van der Waals surface area (Å²) in [5, 5.41) is 0. The first-order chi connectivity index (χ1) is 10.9. The molecule has 0 radical (unpaired) electrons. The Morgan fingerprint density at radius 3 is 1.33 bits per heavy atom. The lowest BCUT2D eigenvalue weighted by Crippen LogP contribution is -2.50. The summed E-state index contributed by atoms with van der Waals surface area (Å²) in [6.45, 7) is 0. The van der Waals surface area contributed by atoms with Gasteiger partial charge in [0.25, 0.3) is 0 Å². The molecule has 0 unspecified atom stereocenters. The maximum Gasteiger partial charge on any atom is 0.435 e. The van der Waals surface area contributed by atoms with Crippen LogP contribution in [0.4, 0.5) is 35.1 Å². The zero-order valence-electron chi connectivity index (χ0n) is 11.6. The van der Waals surface area contributed by atoms with E-state index >= 15 is 0 Å². The SMILES string of the molecule is Fc1ccc(Oc2ccc(C(F)(C(F)(F)F)C(F)(F)F)cc2)cc1. The Kier molecular flexibility index (Phi) is 4.47. The minimum Gasteiger partial charge on any atom is -0.457 e. The van der Waals surface area contributed by atoms with Crippen molar-refractivity contribution in [2.75, 3.05) is 0 Å². The second kappa shape index (κ2) is 5.95. The quantitative estimate of drug-likeness (QED) is 0.622. The predicted octanol–water partition coefficient (Wildman–Crippen LogP) is 5.91. The molecular weight excluding hydrogens is 348 g/mol. The zero-order valence-corrected chi connectivity index (χ0v) is 11.6. The minimum atomic E-state index is -6.18. The van der Waals surface area contributed by atoms with E-state index in [0.29, 0.717) is 12.1 Å². The Morgan fingerprint density at radius 2 is 0.958 bits per heavy atom. The van der Waals surface area contributed by atoms with Gasteiger partial charge in [0, 0.05) is 5.56 Å². The molecule has 0 aliphatic carbocycles. The number of hydrogen-bond acceptors (Lipinski definition) is 1. The highest BCUT2D eigenvalue weighted by atomic mass is 19.4. The molecular formula is C15H8F8O. The molecule has 0 saturated heterocycles. The molecule has 2 aromatic carbocycles. The van der Waals surface area contributed by atoms with Crippen molar-refractivity contribution >= 4 is 0 Å². The molecule has 2 rings (SSSR count). The van der Waals surface area contributed by atoms with Gasteiger partial charge in [-0.25, -0.2) is 8.78 Å². The molecule has 24 heavy (non-hydrogen) atoms. The number of rotatable bonds is 3. The molecule has 0 fully saturated rings. The lowest BCUT2D eigenvalue weighted by molar-refractivity contribution is -0.348. The van der Waals surface area contributed by atoms with Crippen LogP contribution in [0.2, 0.25) is 0 Å². The van der Waals surface area contributed by atoms with Crippen LogP contribution in [0.3, 0.4) is 0 Å². The monoisotopic (exact) mass is 356 g/mol. The Labute approximate surface area is 130 Å². The molecule has 9 heteroatoms. The van der Waals surface area contributed by atoms with E-state index in [1.165, 1.54) is 12.1 Å². The van der Waals surface area contributed by atoms with E-state index < -0.39 is 29.4 Å². The van der Waals surface area contributed by atoms with E-state index in [-0.39, 0.29) is 11.5 Å². The molecule has 0 saturated carbocycles. The van der Waals surface area contributed by atoms with Gasteiger partial charge in [0.15, 0.2) is 0 Å². The highest BCUT2D eigenvalue weighted by Crippen LogP contribution is 2.53. The van der Waals surface area contributed by atoms with Crippen LogP contribution in [0.5, 0.6) is 11.5 Å². The maximum atomic E-state index is 13.8. The first-order valence-electron chi connectivity index (χ1n) is 6.31. The number of benzene rings is 2. The topological polar surface area (TPSA) is 9.23 Å². The van der Waals surface area contributed by atoms with E-state index in [2.05, 4.69) is 0 Å². The lowest BCUT2D eigenvalue weighted by atomic mass is 9.94. The van der Waals surface area contributed by atoms with E-state index in [9.17, 15) is 35.1 Å². The fraction of sp³-hybridized carbons (Fsp3) is 0.200. The summed E-state index contributed by atoms with van der Waals surface area (Å²) in [4.78, 5) is 0. The molecule has 0 amide bonds. The summed E-state index contributed by atoms with van der Waals surface area (Å²) >= 11 is 0. The number of hydrogen-bond donors (Lipinski definition) is 0. The van der Waals surface area contributed by atoms with Gasteiger partial charge in [-0.1, -0.05) is 12.1 Å². The van der Waals surface area contributed by atoms with E-state index in [4.69, 9.17) is 4.74 Å². The van der Waals surface area contributed by atoms with Gasteiger partial charge in [0.1, 0.15) is 17.3 Å². The van der Waals surface area contributed by atoms with Crippen LogP contribution in [0.15, 0.2) is 48.5 Å². The van der Waals surface area contributed by atoms with Gasteiger partial charge in [-0.15, -0.1) is 0 Å². The van der Waals surface area contributed by atoms with Crippen LogP contribution < -0.4 is 4.74 Å². The van der Waals surface area contributed by atoms with Crippen molar-refractivity contribution in [3.8, 4) is 11.5 Å². The Bertz CT molecular complexity index is 671. The van der Waals surface area contributed by atoms with Gasteiger partial charge in [-0.2, -0.15) is 26.3 Å². The van der Waals surface area contributed by atoms with E-state index in [0.717, 1.165) is 24.3 Å². The van der Waals surface area contributed by atoms with Crippen molar-refractivity contribution in [3.63, 3.8) is 0 Å². The Morgan fingerprint density at radius 1 is 0.583 bits per heavy atom. The second-order valence-electron chi connectivity index (χ2n) is 4.73. The summed E-state index contributed by atoms with van der Waals surface area (Å²) in [6.07, 6.45) is -12.4. The van der Waals surface area contributed by atoms with Crippen molar-refractivity contribution in [1.82, 2.24) is 0 Å². The second-order valence-corrected chi connectivity index (χ2v) is 4.73. The van der Waals surface area contributed by atoms with Crippen LogP contribution in [0.25, 0.3) is 0 Å². The summed E-state index contributed by atoms with van der Waals surface area (Å²) in [6, 6.07) is 6.67. The van der Waals surface area contributed by atoms with Crippen molar-refractivity contribution in [3.05, 3.63) is 59.9 Å². The van der Waals surface area contributed by atoms with Gasteiger partial charge in [-0.3, -0.25) is 0 Å². The highest BCUT2D eigenvalue weighted by molar-refractivity contribution is 5.36. The molecule has 0 spiro atoms. The third kappa shape index (κ3) is 3.29. The van der Waals surface area contributed by atoms with Crippen molar-refractivity contribution in [2.45, 2.75) is 18.0 Å². The molecule has 0 heterocycles. The fourth-order valence-electron chi connectivity index (χ4n) is 1.88. The van der Waals surface area contributed by atoms with Crippen molar-refractivity contribution in [1.29, 1.82) is 0 Å². The standard InChI is InChI=1S/C15H8F8O/c16-10-3-7-12(8-4-10)24-11-5-1-9(2-6-11)13(17,14(18,19)20)15(21,22)23/h1-8H. The third-order valence-electron chi connectivity index (χ3n) is 3.08. The average molecular weight is 356 g/mol. The lowest BCUT2D eigenvalue weighted by Gasteiger charge is -2.30. The zero-order chi connectivity index (χ0) is 18.2. The van der Waals surface area contributed by atoms with Crippen molar-refractivity contribution in [2.24, 2.45) is 0 Å². The molecule has 2 aromatic rings. The molecule has 0 atom stereocenters. The predicted molar refractivity (Wildman–Crippen MR) is 67.8 cm³/mol. The number of ether oxygens (including phenoxy) is 1. The van der Waals surface area contributed by atoms with E-state index in [1.807, 2.05) is 0 Å². The summed E-state index contributed by atoms with van der Waals surface area (Å²) < 4.78 is 107. The maximum absolute atomic E-state index is 13.8. The largest absolute Gasteiger partial charge is 0.457 e. The van der Waals surface area contributed by atoms with Crippen LogP contribution in [-0.4, -0.2) is 12.4 Å². The summed E-state index contributed by atoms with van der Waals surface area (Å²) in [7, 11) is 0. The average Bonchev–Trinajstić information content (AvgIpc) is 2.47. The number of halogens is 8. The van der Waals surface area contributed by atoms with Crippen molar-refractivity contribution < 1.29 is 39.9 Å². The summed E-state index contributed by atoms with van der Waals surface area (Å²) in [5.41, 5.74) is -7.11. The third-order valence-corrected chi connectivity index (χ3v) is 3.08. The Hall–Kier alpha value is -2.32. The van der Waals surface area contributed by atoms with Crippen LogP contribution >= 0.6 is 0 Å². The molecule has 0 N–H and O–H groups in total. The first-order valence-corrected chi connectivity index (χ1v) is 6.31. The molecule has 0 aliphatic rings. The van der Waals surface area contributed by atoms with E-state index in [1.54, 1.807) is 0 Å².